The molecule has 0 N–H and O–H groups in total. The number of hydrogen-bond donors (Lipinski definition) is 0. The average molecular weight is 558 g/mol. The minimum absolute atomic E-state index is 0.377. The van der Waals surface area contributed by atoms with Crippen LogP contribution in [0.5, 0.6) is 0 Å². The minimum atomic E-state index is 0.377. The van der Waals surface area contributed by atoms with E-state index >= 15 is 0 Å². The molecule has 41 heavy (non-hydrogen) atoms. The molecule has 0 radical (unpaired) electrons. The molecule has 1 unspecified atom stereocenters. The number of hydrogen-bond acceptors (Lipinski definition) is 3. The monoisotopic (exact) mass is 557 g/mol. The number of carbonyl (C=O) groups is 1. The fraction of sp³-hybridized carbons (Fsp3) is 0.595. The van der Waals surface area contributed by atoms with Crippen LogP contribution in [0, 0.1) is 0 Å². The molecular formula is C37H55N3O. The summed E-state index contributed by atoms with van der Waals surface area (Å²) in [5, 5.41) is 0. The van der Waals surface area contributed by atoms with Crippen LogP contribution in [-0.4, -0.2) is 59.4 Å². The van der Waals surface area contributed by atoms with Crippen molar-refractivity contribution in [1.82, 2.24) is 14.7 Å². The van der Waals surface area contributed by atoms with E-state index in [1.165, 1.54) is 88.4 Å². The summed E-state index contributed by atoms with van der Waals surface area (Å²) in [6, 6.07) is 22.3. The number of carbonyl (C=O) groups excluding carboxylic acids is 1. The minimum Gasteiger partial charge on any atom is -0.343 e. The molecule has 4 heteroatoms. The number of rotatable bonds is 8. The predicted molar refractivity (Wildman–Crippen MR) is 173 cm³/mol. The molecule has 0 aromatic heterocycles. The summed E-state index contributed by atoms with van der Waals surface area (Å²) in [6.07, 6.45) is 21.5. The van der Waals surface area contributed by atoms with Crippen molar-refractivity contribution in [1.29, 1.82) is 0 Å². The third-order valence-corrected chi connectivity index (χ3v) is 8.96. The smallest absolute Gasteiger partial charge is 0.222 e. The average Bonchev–Trinajstić information content (AvgIpc) is 3.00. The maximum Gasteiger partial charge on any atom is 0.222 e. The van der Waals surface area contributed by atoms with E-state index in [0.717, 1.165) is 58.0 Å². The topological polar surface area (TPSA) is 26.8 Å². The molecular weight excluding hydrogens is 502 g/mol. The summed E-state index contributed by atoms with van der Waals surface area (Å²) in [6.45, 7) is 7.09. The van der Waals surface area contributed by atoms with E-state index in [1.54, 1.807) is 0 Å². The van der Waals surface area contributed by atoms with Gasteiger partial charge in [-0.25, -0.2) is 0 Å². The molecule has 1 fully saturated rings. The van der Waals surface area contributed by atoms with E-state index in [9.17, 15) is 4.79 Å². The molecule has 2 aliphatic heterocycles. The molecule has 4 nitrogen and oxygen atoms in total. The lowest BCUT2D eigenvalue weighted by Gasteiger charge is -2.35. The molecule has 0 saturated carbocycles. The van der Waals surface area contributed by atoms with Crippen molar-refractivity contribution >= 4 is 5.91 Å². The molecule has 2 aromatic rings. The summed E-state index contributed by atoms with van der Waals surface area (Å²) in [4.78, 5) is 20.9. The van der Waals surface area contributed by atoms with Crippen LogP contribution in [0.1, 0.15) is 101 Å². The van der Waals surface area contributed by atoms with Gasteiger partial charge in [0, 0.05) is 45.2 Å². The molecule has 0 spiro atoms. The molecule has 0 aliphatic carbocycles. The number of benzene rings is 2. The van der Waals surface area contributed by atoms with Gasteiger partial charge in [0.05, 0.1) is 0 Å². The van der Waals surface area contributed by atoms with Crippen molar-refractivity contribution in [3.8, 4) is 0 Å². The Kier molecular flexibility index (Phi) is 14.5. The van der Waals surface area contributed by atoms with Crippen LogP contribution in [-0.2, 0) is 17.9 Å². The highest BCUT2D eigenvalue weighted by Gasteiger charge is 2.21. The summed E-state index contributed by atoms with van der Waals surface area (Å²) in [5.41, 5.74) is 2.70. The Labute approximate surface area is 250 Å². The second-order valence-corrected chi connectivity index (χ2v) is 12.3. The number of amides is 1. The van der Waals surface area contributed by atoms with E-state index in [0.29, 0.717) is 12.3 Å². The zero-order valence-corrected chi connectivity index (χ0v) is 25.6. The van der Waals surface area contributed by atoms with Gasteiger partial charge in [-0.2, -0.15) is 0 Å². The number of fused-ring (bicyclic) bond motifs is 1. The Bertz CT molecular complexity index is 950. The molecule has 224 valence electrons. The fourth-order valence-corrected chi connectivity index (χ4v) is 6.58. The van der Waals surface area contributed by atoms with Crippen molar-refractivity contribution in [2.24, 2.45) is 0 Å². The Morgan fingerprint density at radius 2 is 1.32 bits per heavy atom. The van der Waals surface area contributed by atoms with Gasteiger partial charge in [0.25, 0.3) is 0 Å². The number of allylic oxidation sites excluding steroid dienone is 1. The maximum absolute atomic E-state index is 13.4. The van der Waals surface area contributed by atoms with Gasteiger partial charge >= 0.3 is 0 Å². The second-order valence-electron chi connectivity index (χ2n) is 12.3. The van der Waals surface area contributed by atoms with Crippen molar-refractivity contribution in [3.63, 3.8) is 0 Å². The van der Waals surface area contributed by atoms with Crippen LogP contribution in [0.4, 0.5) is 0 Å². The summed E-state index contributed by atoms with van der Waals surface area (Å²) in [5.74, 6) is 0.377. The molecule has 0 bridgehead atoms. The SMILES string of the molecule is O=C1CCCCCCC/C=C/CC2CCCCN2CCCCN1CCCN(Cc1ccccc1)Cc1ccccc1. The van der Waals surface area contributed by atoms with Gasteiger partial charge in [-0.3, -0.25) is 9.69 Å². The van der Waals surface area contributed by atoms with E-state index in [-0.39, 0.29) is 0 Å². The Balaban J connectivity index is 1.32. The molecule has 2 aliphatic rings. The molecule has 1 atom stereocenters. The lowest BCUT2D eigenvalue weighted by Crippen LogP contribution is -2.40. The number of nitrogens with zero attached hydrogens (tertiary/aromatic N) is 3. The molecule has 4 rings (SSSR count). The van der Waals surface area contributed by atoms with Gasteiger partial charge in [-0.15, -0.1) is 0 Å². The predicted octanol–water partition coefficient (Wildman–Crippen LogP) is 8.23. The highest BCUT2D eigenvalue weighted by atomic mass is 16.2. The van der Waals surface area contributed by atoms with Crippen LogP contribution >= 0.6 is 0 Å². The van der Waals surface area contributed by atoms with Gasteiger partial charge in [0.15, 0.2) is 0 Å². The number of piperidine rings is 1. The summed E-state index contributed by atoms with van der Waals surface area (Å²) < 4.78 is 0. The van der Waals surface area contributed by atoms with Gasteiger partial charge in [-0.05, 0) is 82.0 Å². The second kappa shape index (κ2) is 18.9. The first kappa shape index (κ1) is 31.5. The van der Waals surface area contributed by atoms with E-state index in [1.807, 2.05) is 0 Å². The van der Waals surface area contributed by atoms with E-state index in [2.05, 4.69) is 87.5 Å². The fourth-order valence-electron chi connectivity index (χ4n) is 6.58. The largest absolute Gasteiger partial charge is 0.343 e. The highest BCUT2D eigenvalue weighted by molar-refractivity contribution is 5.76. The molecule has 2 aromatic carbocycles. The maximum atomic E-state index is 13.4. The summed E-state index contributed by atoms with van der Waals surface area (Å²) in [7, 11) is 0. The summed E-state index contributed by atoms with van der Waals surface area (Å²) >= 11 is 0. The third kappa shape index (κ3) is 12.1. The van der Waals surface area contributed by atoms with E-state index < -0.39 is 0 Å². The standard InChI is InChI=1S/C37H55N3O/c41-37-26-14-6-4-2-1-3-5-13-24-36-25-15-16-28-39(36)29-17-18-30-40(37)31-19-27-38(32-34-20-9-7-10-21-34)33-35-22-11-8-12-23-35/h5,7-13,20-23,36H,1-4,6,14-19,24-33H2/b13-5+. The van der Waals surface area contributed by atoms with Crippen LogP contribution in [0.3, 0.4) is 0 Å². The van der Waals surface area contributed by atoms with Crippen LogP contribution in [0.2, 0.25) is 0 Å². The zero-order chi connectivity index (χ0) is 28.4. The van der Waals surface area contributed by atoms with E-state index in [4.69, 9.17) is 0 Å². The first-order chi connectivity index (χ1) is 20.3. The van der Waals surface area contributed by atoms with Gasteiger partial charge in [0.1, 0.15) is 0 Å². The first-order valence-corrected chi connectivity index (χ1v) is 16.7. The van der Waals surface area contributed by atoms with Crippen molar-refractivity contribution in [2.45, 2.75) is 109 Å². The van der Waals surface area contributed by atoms with Gasteiger partial charge < -0.3 is 9.80 Å². The van der Waals surface area contributed by atoms with Crippen LogP contribution < -0.4 is 0 Å². The van der Waals surface area contributed by atoms with Crippen LogP contribution in [0.25, 0.3) is 0 Å². The van der Waals surface area contributed by atoms with Crippen LogP contribution in [0.15, 0.2) is 72.8 Å². The first-order valence-electron chi connectivity index (χ1n) is 16.7. The van der Waals surface area contributed by atoms with Gasteiger partial charge in [0.2, 0.25) is 5.91 Å². The molecule has 2 heterocycles. The Morgan fingerprint density at radius 3 is 2.05 bits per heavy atom. The van der Waals surface area contributed by atoms with Crippen molar-refractivity contribution in [2.75, 3.05) is 32.7 Å². The lowest BCUT2D eigenvalue weighted by atomic mass is 9.98. The molecule has 1 amide bonds. The van der Waals surface area contributed by atoms with Crippen molar-refractivity contribution < 1.29 is 4.79 Å². The van der Waals surface area contributed by atoms with Crippen molar-refractivity contribution in [3.05, 3.63) is 83.9 Å². The Hall–Kier alpha value is -2.43. The highest BCUT2D eigenvalue weighted by Crippen LogP contribution is 2.21. The normalized spacial score (nSPS) is 21.6. The Morgan fingerprint density at radius 1 is 0.683 bits per heavy atom. The van der Waals surface area contributed by atoms with Gasteiger partial charge in [-0.1, -0.05) is 98.5 Å². The third-order valence-electron chi connectivity index (χ3n) is 8.96. The molecule has 1 saturated heterocycles. The lowest BCUT2D eigenvalue weighted by molar-refractivity contribution is -0.131. The quantitative estimate of drug-likeness (QED) is 0.306. The zero-order valence-electron chi connectivity index (χ0n) is 25.6.